The van der Waals surface area contributed by atoms with Crippen LogP contribution in [0.3, 0.4) is 0 Å². The van der Waals surface area contributed by atoms with Crippen LogP contribution >= 0.6 is 0 Å². The molecular formula is C14H11NO3. The highest BCUT2D eigenvalue weighted by molar-refractivity contribution is 6.28. The predicted molar refractivity (Wildman–Crippen MR) is 65.4 cm³/mol. The van der Waals surface area contributed by atoms with Gasteiger partial charge in [0.1, 0.15) is 5.76 Å². The second-order valence-electron chi connectivity index (χ2n) is 4.42. The molecule has 2 aliphatic carbocycles. The number of ketones is 2. The van der Waals surface area contributed by atoms with Crippen LogP contribution in [0.1, 0.15) is 27.1 Å². The van der Waals surface area contributed by atoms with Crippen molar-refractivity contribution in [3.05, 3.63) is 58.4 Å². The van der Waals surface area contributed by atoms with Crippen LogP contribution in [0, 0.1) is 0 Å². The van der Waals surface area contributed by atoms with E-state index in [0.717, 1.165) is 0 Å². The van der Waals surface area contributed by atoms with Gasteiger partial charge >= 0.3 is 0 Å². The summed E-state index contributed by atoms with van der Waals surface area (Å²) in [6, 6.07) is 6.08. The Labute approximate surface area is 103 Å². The van der Waals surface area contributed by atoms with Gasteiger partial charge in [-0.3, -0.25) is 9.59 Å². The second-order valence-corrected chi connectivity index (χ2v) is 4.42. The summed E-state index contributed by atoms with van der Waals surface area (Å²) in [5.74, 6) is -0.726. The Morgan fingerprint density at radius 3 is 2.39 bits per heavy atom. The van der Waals surface area contributed by atoms with Crippen molar-refractivity contribution in [2.75, 3.05) is 0 Å². The highest BCUT2D eigenvalue weighted by Gasteiger charge is 2.37. The summed E-state index contributed by atoms with van der Waals surface area (Å²) in [5.41, 5.74) is 6.87. The average Bonchev–Trinajstić information content (AvgIpc) is 2.38. The number of carbonyl (C=O) groups is 2. The highest BCUT2D eigenvalue weighted by Crippen LogP contribution is 2.34. The second kappa shape index (κ2) is 3.65. The van der Waals surface area contributed by atoms with Crippen molar-refractivity contribution in [1.82, 2.24) is 0 Å². The van der Waals surface area contributed by atoms with Gasteiger partial charge in [0, 0.05) is 22.7 Å². The van der Waals surface area contributed by atoms with E-state index in [1.165, 1.54) is 6.08 Å². The third-order valence-corrected chi connectivity index (χ3v) is 3.35. The maximum absolute atomic E-state index is 12.3. The summed E-state index contributed by atoms with van der Waals surface area (Å²) in [5, 5.41) is 9.81. The van der Waals surface area contributed by atoms with Gasteiger partial charge in [-0.25, -0.2) is 0 Å². The molecule has 90 valence electrons. The molecule has 0 spiro atoms. The third kappa shape index (κ3) is 1.29. The number of rotatable bonds is 0. The minimum atomic E-state index is -0.527. The minimum Gasteiger partial charge on any atom is -0.508 e. The maximum Gasteiger partial charge on any atom is 0.197 e. The summed E-state index contributed by atoms with van der Waals surface area (Å²) in [6.07, 6.45) is 1.86. The van der Waals surface area contributed by atoms with Crippen molar-refractivity contribution in [2.24, 2.45) is 5.73 Å². The van der Waals surface area contributed by atoms with Crippen LogP contribution in [0.15, 0.2) is 47.2 Å². The molecule has 4 heteroatoms. The molecule has 2 aliphatic rings. The van der Waals surface area contributed by atoms with Gasteiger partial charge in [0.15, 0.2) is 11.6 Å². The quantitative estimate of drug-likeness (QED) is 0.721. The lowest BCUT2D eigenvalue weighted by atomic mass is 9.77. The van der Waals surface area contributed by atoms with Crippen LogP contribution in [0.5, 0.6) is 0 Å². The van der Waals surface area contributed by atoms with E-state index >= 15 is 0 Å². The van der Waals surface area contributed by atoms with Gasteiger partial charge in [0.05, 0.1) is 5.57 Å². The number of Topliss-reactive ketones (excluding diaryl/α,β-unsaturated/α-hetero) is 2. The SMILES string of the molecule is NC1CC=C(O)C2=C1C(=O)c1ccccc1C2=O. The average molecular weight is 241 g/mol. The smallest absolute Gasteiger partial charge is 0.197 e. The zero-order valence-electron chi connectivity index (χ0n) is 9.51. The summed E-state index contributed by atoms with van der Waals surface area (Å²) < 4.78 is 0. The van der Waals surface area contributed by atoms with Crippen LogP contribution in [0.4, 0.5) is 0 Å². The number of fused-ring (bicyclic) bond motifs is 1. The first-order valence-corrected chi connectivity index (χ1v) is 5.69. The molecular weight excluding hydrogens is 230 g/mol. The highest BCUT2D eigenvalue weighted by atomic mass is 16.3. The molecule has 0 fully saturated rings. The topological polar surface area (TPSA) is 80.4 Å². The Bertz CT molecular complexity index is 640. The standard InChI is InChI=1S/C14H11NO3/c15-9-5-6-10(16)12-11(9)13(17)7-3-1-2-4-8(7)14(12)18/h1-4,6,9,16H,5,15H2. The molecule has 1 aromatic carbocycles. The molecule has 3 N–H and O–H groups in total. The Morgan fingerprint density at radius 1 is 1.11 bits per heavy atom. The molecule has 1 atom stereocenters. The molecule has 4 nitrogen and oxygen atoms in total. The molecule has 0 aromatic heterocycles. The lowest BCUT2D eigenvalue weighted by molar-refractivity contribution is 0.0964. The molecule has 0 bridgehead atoms. The minimum absolute atomic E-state index is 0.0671. The molecule has 0 saturated heterocycles. The predicted octanol–water partition coefficient (Wildman–Crippen LogP) is 1.54. The van der Waals surface area contributed by atoms with Gasteiger partial charge in [0.2, 0.25) is 0 Å². The number of nitrogens with two attached hydrogens (primary N) is 1. The molecule has 1 aromatic rings. The Morgan fingerprint density at radius 2 is 1.72 bits per heavy atom. The van der Waals surface area contributed by atoms with Gasteiger partial charge in [-0.1, -0.05) is 24.3 Å². The summed E-state index contributed by atoms with van der Waals surface area (Å²) in [7, 11) is 0. The Hall–Kier alpha value is -2.20. The third-order valence-electron chi connectivity index (χ3n) is 3.35. The molecule has 0 radical (unpaired) electrons. The molecule has 0 heterocycles. The zero-order chi connectivity index (χ0) is 12.9. The largest absolute Gasteiger partial charge is 0.508 e. The number of hydrogen-bond acceptors (Lipinski definition) is 4. The van der Waals surface area contributed by atoms with Crippen LogP contribution < -0.4 is 5.73 Å². The van der Waals surface area contributed by atoms with Crippen molar-refractivity contribution in [2.45, 2.75) is 12.5 Å². The normalized spacial score (nSPS) is 22.5. The molecule has 0 saturated carbocycles. The lowest BCUT2D eigenvalue weighted by Gasteiger charge is -2.26. The number of aliphatic hydroxyl groups is 1. The van der Waals surface area contributed by atoms with Crippen molar-refractivity contribution in [3.63, 3.8) is 0 Å². The van der Waals surface area contributed by atoms with E-state index in [1.54, 1.807) is 24.3 Å². The number of benzene rings is 1. The summed E-state index contributed by atoms with van der Waals surface area (Å²) >= 11 is 0. The number of aliphatic hydroxyl groups excluding tert-OH is 1. The van der Waals surface area contributed by atoms with Crippen LogP contribution in [-0.4, -0.2) is 22.7 Å². The first-order chi connectivity index (χ1) is 8.61. The fourth-order valence-corrected chi connectivity index (χ4v) is 2.46. The van der Waals surface area contributed by atoms with Gasteiger partial charge < -0.3 is 10.8 Å². The van der Waals surface area contributed by atoms with Crippen molar-refractivity contribution in [3.8, 4) is 0 Å². The van der Waals surface area contributed by atoms with Crippen LogP contribution in [0.2, 0.25) is 0 Å². The van der Waals surface area contributed by atoms with E-state index in [0.29, 0.717) is 17.5 Å². The lowest BCUT2D eigenvalue weighted by Crippen LogP contribution is -2.36. The molecule has 18 heavy (non-hydrogen) atoms. The van der Waals surface area contributed by atoms with E-state index in [2.05, 4.69) is 0 Å². The van der Waals surface area contributed by atoms with E-state index in [-0.39, 0.29) is 28.5 Å². The van der Waals surface area contributed by atoms with E-state index in [9.17, 15) is 14.7 Å². The molecule has 0 amide bonds. The molecule has 3 rings (SSSR count). The van der Waals surface area contributed by atoms with E-state index < -0.39 is 6.04 Å². The zero-order valence-corrected chi connectivity index (χ0v) is 9.51. The van der Waals surface area contributed by atoms with Crippen molar-refractivity contribution in [1.29, 1.82) is 0 Å². The summed E-state index contributed by atoms with van der Waals surface area (Å²) in [6.45, 7) is 0. The first kappa shape index (κ1) is 10.9. The fourth-order valence-electron chi connectivity index (χ4n) is 2.46. The monoisotopic (exact) mass is 241 g/mol. The molecule has 1 unspecified atom stereocenters. The van der Waals surface area contributed by atoms with Gasteiger partial charge in [0.25, 0.3) is 0 Å². The van der Waals surface area contributed by atoms with Gasteiger partial charge in [-0.2, -0.15) is 0 Å². The fraction of sp³-hybridized carbons (Fsp3) is 0.143. The Kier molecular flexibility index (Phi) is 2.21. The number of hydrogen-bond donors (Lipinski definition) is 2. The Balaban J connectivity index is 2.30. The van der Waals surface area contributed by atoms with Crippen molar-refractivity contribution >= 4 is 11.6 Å². The van der Waals surface area contributed by atoms with Crippen LogP contribution in [-0.2, 0) is 0 Å². The van der Waals surface area contributed by atoms with Gasteiger partial charge in [-0.05, 0) is 12.5 Å². The van der Waals surface area contributed by atoms with E-state index in [1.807, 2.05) is 0 Å². The maximum atomic E-state index is 12.3. The summed E-state index contributed by atoms with van der Waals surface area (Å²) in [4.78, 5) is 24.6. The van der Waals surface area contributed by atoms with E-state index in [4.69, 9.17) is 5.73 Å². The number of allylic oxidation sites excluding steroid dienone is 1. The first-order valence-electron chi connectivity index (χ1n) is 5.69. The molecule has 0 aliphatic heterocycles. The van der Waals surface area contributed by atoms with Crippen LogP contribution in [0.25, 0.3) is 0 Å². The van der Waals surface area contributed by atoms with Crippen molar-refractivity contribution < 1.29 is 14.7 Å². The number of carbonyl (C=O) groups excluding carboxylic acids is 2. The van der Waals surface area contributed by atoms with Gasteiger partial charge in [-0.15, -0.1) is 0 Å².